The molecule has 1 aliphatic rings. The minimum absolute atomic E-state index is 0.0513. The summed E-state index contributed by atoms with van der Waals surface area (Å²) >= 11 is 0. The predicted octanol–water partition coefficient (Wildman–Crippen LogP) is 5.21. The monoisotopic (exact) mass is 510 g/mol. The van der Waals surface area contributed by atoms with Crippen molar-refractivity contribution < 1.29 is 14.1 Å². The summed E-state index contributed by atoms with van der Waals surface area (Å²) in [4.78, 5) is 18.0. The minimum Gasteiger partial charge on any atom is -0.487 e. The van der Waals surface area contributed by atoms with E-state index in [2.05, 4.69) is 77.5 Å². The van der Waals surface area contributed by atoms with E-state index >= 15 is 0 Å². The number of hydrogen-bond acceptors (Lipinski definition) is 6. The van der Waals surface area contributed by atoms with Crippen LogP contribution < -0.4 is 10.1 Å². The topological polar surface area (TPSA) is 80.5 Å². The van der Waals surface area contributed by atoms with Crippen LogP contribution in [0.5, 0.6) is 5.75 Å². The highest BCUT2D eigenvalue weighted by atomic mass is 16.5. The molecule has 2 aromatic carbocycles. The fourth-order valence-corrected chi connectivity index (χ4v) is 4.93. The molecule has 7 heteroatoms. The van der Waals surface area contributed by atoms with Gasteiger partial charge in [-0.1, -0.05) is 68.4 Å². The lowest BCUT2D eigenvalue weighted by atomic mass is 9.68. The molecule has 1 aliphatic heterocycles. The number of carbonyl (C=O) groups is 1. The number of carbonyl (C=O) groups excluding carboxylic acids is 1. The smallest absolute Gasteiger partial charge is 0.234 e. The van der Waals surface area contributed by atoms with Crippen molar-refractivity contribution in [3.8, 4) is 17.1 Å². The predicted molar refractivity (Wildman–Crippen MR) is 147 cm³/mol. The lowest BCUT2D eigenvalue weighted by Crippen LogP contribution is -2.47. The third kappa shape index (κ3) is 5.63. The van der Waals surface area contributed by atoms with Gasteiger partial charge in [0.05, 0.1) is 17.9 Å². The molecule has 1 amide bonds. The molecule has 1 atom stereocenters. The Morgan fingerprint density at radius 2 is 1.76 bits per heavy atom. The van der Waals surface area contributed by atoms with E-state index in [9.17, 15) is 4.79 Å². The van der Waals surface area contributed by atoms with Crippen molar-refractivity contribution in [2.45, 2.75) is 39.3 Å². The lowest BCUT2D eigenvalue weighted by molar-refractivity contribution is -0.124. The Morgan fingerprint density at radius 1 is 1.03 bits per heavy atom. The first-order valence-electron chi connectivity index (χ1n) is 13.1. The molecule has 5 rings (SSSR count). The minimum atomic E-state index is -0.181. The third-order valence-corrected chi connectivity index (χ3v) is 7.55. The highest BCUT2D eigenvalue weighted by Gasteiger charge is 2.32. The Kier molecular flexibility index (Phi) is 7.56. The summed E-state index contributed by atoms with van der Waals surface area (Å²) in [5.41, 5.74) is 5.00. The van der Waals surface area contributed by atoms with Gasteiger partial charge < -0.3 is 14.6 Å². The second kappa shape index (κ2) is 11.2. The van der Waals surface area contributed by atoms with E-state index in [1.54, 1.807) is 6.20 Å². The van der Waals surface area contributed by atoms with Gasteiger partial charge in [0.15, 0.2) is 5.76 Å². The molecule has 0 saturated carbocycles. The number of amides is 1. The van der Waals surface area contributed by atoms with Crippen molar-refractivity contribution in [1.29, 1.82) is 0 Å². The van der Waals surface area contributed by atoms with Crippen LogP contribution in [0.3, 0.4) is 0 Å². The van der Waals surface area contributed by atoms with Crippen LogP contribution in [-0.2, 0) is 23.4 Å². The average molecular weight is 511 g/mol. The number of rotatable bonds is 9. The summed E-state index contributed by atoms with van der Waals surface area (Å²) in [6.07, 6.45) is 1.78. The summed E-state index contributed by atoms with van der Waals surface area (Å²) in [6.45, 7) is 9.71. The van der Waals surface area contributed by atoms with Crippen LogP contribution in [0.4, 0.5) is 0 Å². The van der Waals surface area contributed by atoms with Crippen LogP contribution in [0, 0.1) is 5.92 Å². The molecule has 0 spiro atoms. The van der Waals surface area contributed by atoms with E-state index in [0.29, 0.717) is 32.2 Å². The summed E-state index contributed by atoms with van der Waals surface area (Å²) in [5, 5.41) is 7.08. The Bertz CT molecular complexity index is 1350. The van der Waals surface area contributed by atoms with E-state index in [-0.39, 0.29) is 11.3 Å². The molecule has 196 valence electrons. The normalized spacial score (nSPS) is 15.7. The maximum Gasteiger partial charge on any atom is 0.234 e. The van der Waals surface area contributed by atoms with Crippen LogP contribution in [0.2, 0.25) is 0 Å². The van der Waals surface area contributed by atoms with Crippen molar-refractivity contribution in [1.82, 2.24) is 20.4 Å². The Morgan fingerprint density at radius 3 is 2.42 bits per heavy atom. The second-order valence-corrected chi connectivity index (χ2v) is 10.3. The molecular weight excluding hydrogens is 476 g/mol. The fraction of sp³-hybridized carbons (Fsp3) is 0.323. The van der Waals surface area contributed by atoms with Gasteiger partial charge in [0.2, 0.25) is 5.91 Å². The maximum atomic E-state index is 11.6. The SMILES string of the molecule is CC(C)C(C)(c1ccc(OCc2ccccn2)cc1)c1ccc(-c2cc(CN3CCNC(=O)C3)no2)cc1. The van der Waals surface area contributed by atoms with Crippen LogP contribution in [-0.4, -0.2) is 40.6 Å². The zero-order valence-corrected chi connectivity index (χ0v) is 22.2. The highest BCUT2D eigenvalue weighted by molar-refractivity contribution is 5.78. The Hall–Kier alpha value is -3.97. The Balaban J connectivity index is 1.29. The average Bonchev–Trinajstić information content (AvgIpc) is 3.41. The molecule has 1 saturated heterocycles. The molecule has 38 heavy (non-hydrogen) atoms. The van der Waals surface area contributed by atoms with Gasteiger partial charge in [0, 0.05) is 42.9 Å². The van der Waals surface area contributed by atoms with Crippen molar-refractivity contribution in [3.05, 3.63) is 102 Å². The molecule has 1 N–H and O–H groups in total. The number of nitrogens with one attached hydrogen (secondary N) is 1. The second-order valence-electron chi connectivity index (χ2n) is 10.3. The van der Waals surface area contributed by atoms with Gasteiger partial charge in [-0.2, -0.15) is 0 Å². The van der Waals surface area contributed by atoms with E-state index < -0.39 is 0 Å². The van der Waals surface area contributed by atoms with Gasteiger partial charge >= 0.3 is 0 Å². The van der Waals surface area contributed by atoms with Crippen LogP contribution in [0.1, 0.15) is 43.3 Å². The van der Waals surface area contributed by atoms with Gasteiger partial charge in [-0.25, -0.2) is 0 Å². The molecule has 7 nitrogen and oxygen atoms in total. The summed E-state index contributed by atoms with van der Waals surface area (Å²) in [6, 6.07) is 24.7. The molecule has 3 heterocycles. The zero-order valence-electron chi connectivity index (χ0n) is 22.2. The molecule has 0 bridgehead atoms. The van der Waals surface area contributed by atoms with Crippen LogP contribution >= 0.6 is 0 Å². The van der Waals surface area contributed by atoms with Gasteiger partial charge in [0.1, 0.15) is 12.4 Å². The number of hydrogen-bond donors (Lipinski definition) is 1. The summed E-state index contributed by atoms with van der Waals surface area (Å²) < 4.78 is 11.6. The van der Waals surface area contributed by atoms with Gasteiger partial charge in [-0.05, 0) is 41.3 Å². The molecular formula is C31H34N4O3. The van der Waals surface area contributed by atoms with Crippen molar-refractivity contribution in [3.63, 3.8) is 0 Å². The van der Waals surface area contributed by atoms with Crippen LogP contribution in [0.25, 0.3) is 11.3 Å². The van der Waals surface area contributed by atoms with E-state index in [1.165, 1.54) is 11.1 Å². The van der Waals surface area contributed by atoms with E-state index in [0.717, 1.165) is 35.0 Å². The maximum absolute atomic E-state index is 11.6. The van der Waals surface area contributed by atoms with Crippen LogP contribution in [0.15, 0.2) is 83.5 Å². The first-order chi connectivity index (χ1) is 18.4. The molecule has 0 aliphatic carbocycles. The molecule has 2 aromatic heterocycles. The molecule has 1 unspecified atom stereocenters. The van der Waals surface area contributed by atoms with Gasteiger partial charge in [-0.15, -0.1) is 0 Å². The molecule has 0 radical (unpaired) electrons. The Labute approximate surface area is 223 Å². The third-order valence-electron chi connectivity index (χ3n) is 7.55. The largest absolute Gasteiger partial charge is 0.487 e. The number of ether oxygens (including phenoxy) is 1. The zero-order chi connectivity index (χ0) is 26.5. The number of pyridine rings is 1. The van der Waals surface area contributed by atoms with Gasteiger partial charge in [0.25, 0.3) is 0 Å². The van der Waals surface area contributed by atoms with E-state index in [1.807, 2.05) is 36.4 Å². The quantitative estimate of drug-likeness (QED) is 0.333. The van der Waals surface area contributed by atoms with Crippen molar-refractivity contribution >= 4 is 5.91 Å². The number of nitrogens with zero attached hydrogens (tertiary/aromatic N) is 3. The van der Waals surface area contributed by atoms with Gasteiger partial charge in [-0.3, -0.25) is 14.7 Å². The molecule has 1 fully saturated rings. The first kappa shape index (κ1) is 25.7. The fourth-order valence-electron chi connectivity index (χ4n) is 4.93. The number of benzene rings is 2. The van der Waals surface area contributed by atoms with E-state index in [4.69, 9.17) is 9.26 Å². The highest BCUT2D eigenvalue weighted by Crippen LogP contribution is 2.40. The number of piperazine rings is 1. The first-order valence-corrected chi connectivity index (χ1v) is 13.1. The van der Waals surface area contributed by atoms with Crippen molar-refractivity contribution in [2.75, 3.05) is 19.6 Å². The molecule has 4 aromatic rings. The van der Waals surface area contributed by atoms with Crippen molar-refractivity contribution in [2.24, 2.45) is 5.92 Å². The standard InChI is InChI=1S/C31H34N4O3/c1-22(2)31(3,25-11-13-28(14-12-25)37-21-26-6-4-5-15-32-26)24-9-7-23(8-10-24)29-18-27(34-38-29)19-35-17-16-33-30(36)20-35/h4-15,18,22H,16-17,19-21H2,1-3H3,(H,33,36). The summed E-state index contributed by atoms with van der Waals surface area (Å²) in [7, 11) is 0. The lowest BCUT2D eigenvalue weighted by Gasteiger charge is -2.35. The number of aromatic nitrogens is 2. The summed E-state index contributed by atoms with van der Waals surface area (Å²) in [5.74, 6) is 1.98.